The van der Waals surface area contributed by atoms with Gasteiger partial charge in [-0.1, -0.05) is 18.2 Å². The van der Waals surface area contributed by atoms with Crippen LogP contribution in [-0.2, 0) is 10.0 Å². The van der Waals surface area contributed by atoms with Crippen molar-refractivity contribution in [2.24, 2.45) is 0 Å². The molecule has 3 aromatic carbocycles. The number of ether oxygens (including phenoxy) is 2. The average molecular weight is 383 g/mol. The first kappa shape index (κ1) is 18.8. The zero-order valence-electron chi connectivity index (χ0n) is 15.2. The summed E-state index contributed by atoms with van der Waals surface area (Å²) in [6, 6.07) is 22.7. The minimum absolute atomic E-state index is 0.207. The highest BCUT2D eigenvalue weighted by atomic mass is 32.2. The molecule has 6 heteroatoms. The maximum atomic E-state index is 12.8. The van der Waals surface area contributed by atoms with E-state index in [0.717, 1.165) is 5.75 Å². The molecule has 0 aliphatic carbocycles. The van der Waals surface area contributed by atoms with Gasteiger partial charge in [-0.15, -0.1) is 0 Å². The van der Waals surface area contributed by atoms with E-state index in [4.69, 9.17) is 9.47 Å². The quantitative estimate of drug-likeness (QED) is 0.593. The van der Waals surface area contributed by atoms with Crippen LogP contribution in [0.4, 0.5) is 5.69 Å². The van der Waals surface area contributed by atoms with Crippen molar-refractivity contribution >= 4 is 15.7 Å². The van der Waals surface area contributed by atoms with Crippen LogP contribution in [0.5, 0.6) is 17.2 Å². The molecule has 0 bridgehead atoms. The van der Waals surface area contributed by atoms with Gasteiger partial charge in [-0.2, -0.15) is 0 Å². The van der Waals surface area contributed by atoms with Gasteiger partial charge in [0, 0.05) is 7.05 Å². The van der Waals surface area contributed by atoms with E-state index in [1.807, 2.05) is 37.3 Å². The summed E-state index contributed by atoms with van der Waals surface area (Å²) in [6.07, 6.45) is 0. The van der Waals surface area contributed by atoms with Gasteiger partial charge in [0.1, 0.15) is 17.2 Å². The highest BCUT2D eigenvalue weighted by molar-refractivity contribution is 7.92. The van der Waals surface area contributed by atoms with Gasteiger partial charge in [0.15, 0.2) is 0 Å². The molecule has 140 valence electrons. The molecule has 0 N–H and O–H groups in total. The fourth-order valence-electron chi connectivity index (χ4n) is 2.52. The number of hydrogen-bond donors (Lipinski definition) is 0. The maximum Gasteiger partial charge on any atom is 0.264 e. The van der Waals surface area contributed by atoms with E-state index in [-0.39, 0.29) is 4.90 Å². The predicted molar refractivity (Wildman–Crippen MR) is 106 cm³/mol. The third kappa shape index (κ3) is 4.41. The molecule has 0 unspecified atom stereocenters. The molecular formula is C21H21NO4S. The van der Waals surface area contributed by atoms with Crippen LogP contribution in [0, 0.1) is 0 Å². The first-order valence-electron chi connectivity index (χ1n) is 8.55. The molecule has 0 spiro atoms. The maximum absolute atomic E-state index is 12.8. The number of benzene rings is 3. The topological polar surface area (TPSA) is 55.8 Å². The van der Waals surface area contributed by atoms with Crippen molar-refractivity contribution in [3.05, 3.63) is 78.9 Å². The Morgan fingerprint density at radius 3 is 1.93 bits per heavy atom. The Balaban J connectivity index is 1.76. The molecular weight excluding hydrogens is 362 g/mol. The lowest BCUT2D eigenvalue weighted by molar-refractivity contribution is 0.340. The summed E-state index contributed by atoms with van der Waals surface area (Å²) in [6.45, 7) is 2.41. The summed E-state index contributed by atoms with van der Waals surface area (Å²) in [5.74, 6) is 2.00. The molecule has 0 saturated heterocycles. The molecule has 27 heavy (non-hydrogen) atoms. The molecule has 0 aliphatic heterocycles. The lowest BCUT2D eigenvalue weighted by atomic mass is 10.3. The SMILES string of the molecule is CCOc1ccc(S(=O)(=O)N(C)c2ccc(Oc3ccccc3)cc2)cc1. The molecule has 0 radical (unpaired) electrons. The molecule has 0 fully saturated rings. The number of nitrogens with zero attached hydrogens (tertiary/aromatic N) is 1. The molecule has 0 aliphatic rings. The lowest BCUT2D eigenvalue weighted by Crippen LogP contribution is -2.26. The molecule has 0 amide bonds. The zero-order chi connectivity index (χ0) is 19.3. The fraction of sp³-hybridized carbons (Fsp3) is 0.143. The van der Waals surface area contributed by atoms with E-state index in [2.05, 4.69) is 0 Å². The smallest absolute Gasteiger partial charge is 0.264 e. The minimum atomic E-state index is -3.66. The molecule has 3 rings (SSSR count). The first-order valence-corrected chi connectivity index (χ1v) is 9.99. The Morgan fingerprint density at radius 2 is 1.33 bits per heavy atom. The molecule has 0 aromatic heterocycles. The first-order chi connectivity index (χ1) is 13.0. The van der Waals surface area contributed by atoms with Gasteiger partial charge in [0.2, 0.25) is 0 Å². The van der Waals surface area contributed by atoms with E-state index >= 15 is 0 Å². The summed E-state index contributed by atoms with van der Waals surface area (Å²) in [4.78, 5) is 0.207. The van der Waals surface area contributed by atoms with Gasteiger partial charge >= 0.3 is 0 Å². The van der Waals surface area contributed by atoms with Crippen molar-refractivity contribution in [2.75, 3.05) is 18.0 Å². The summed E-state index contributed by atoms with van der Waals surface area (Å²) >= 11 is 0. The van der Waals surface area contributed by atoms with Crippen LogP contribution in [0.1, 0.15) is 6.92 Å². The second-order valence-corrected chi connectivity index (χ2v) is 7.76. The number of sulfonamides is 1. The van der Waals surface area contributed by atoms with Gasteiger partial charge in [0.25, 0.3) is 10.0 Å². The number of para-hydroxylation sites is 1. The van der Waals surface area contributed by atoms with Crippen molar-refractivity contribution in [2.45, 2.75) is 11.8 Å². The van der Waals surface area contributed by atoms with Crippen LogP contribution in [0.3, 0.4) is 0 Å². The fourth-order valence-corrected chi connectivity index (χ4v) is 3.72. The number of anilines is 1. The van der Waals surface area contributed by atoms with Crippen LogP contribution in [0.25, 0.3) is 0 Å². The Morgan fingerprint density at radius 1 is 0.778 bits per heavy atom. The Labute approximate surface area is 159 Å². The standard InChI is InChI=1S/C21H21NO4S/c1-3-25-18-13-15-21(16-14-18)27(23,24)22(2)17-9-11-20(12-10-17)26-19-7-5-4-6-8-19/h4-16H,3H2,1-2H3. The number of rotatable bonds is 7. The molecule has 5 nitrogen and oxygen atoms in total. The Kier molecular flexibility index (Phi) is 5.66. The molecule has 0 heterocycles. The second-order valence-electron chi connectivity index (χ2n) is 5.79. The Bertz CT molecular complexity index is 969. The van der Waals surface area contributed by atoms with Crippen LogP contribution in [0.2, 0.25) is 0 Å². The third-order valence-electron chi connectivity index (χ3n) is 3.97. The van der Waals surface area contributed by atoms with E-state index < -0.39 is 10.0 Å². The molecule has 0 saturated carbocycles. The largest absolute Gasteiger partial charge is 0.494 e. The van der Waals surface area contributed by atoms with Crippen LogP contribution < -0.4 is 13.8 Å². The molecule has 3 aromatic rings. The van der Waals surface area contributed by atoms with Crippen LogP contribution >= 0.6 is 0 Å². The summed E-state index contributed by atoms with van der Waals surface area (Å²) in [5.41, 5.74) is 0.546. The van der Waals surface area contributed by atoms with Gasteiger partial charge in [-0.3, -0.25) is 4.31 Å². The van der Waals surface area contributed by atoms with E-state index in [1.165, 1.54) is 11.4 Å². The van der Waals surface area contributed by atoms with Crippen LogP contribution in [-0.4, -0.2) is 22.1 Å². The van der Waals surface area contributed by atoms with Crippen molar-refractivity contribution < 1.29 is 17.9 Å². The van der Waals surface area contributed by atoms with Gasteiger partial charge < -0.3 is 9.47 Å². The number of hydrogen-bond acceptors (Lipinski definition) is 4. The summed E-state index contributed by atoms with van der Waals surface area (Å²) < 4.78 is 38.0. The normalized spacial score (nSPS) is 11.0. The Hall–Kier alpha value is -2.99. The zero-order valence-corrected chi connectivity index (χ0v) is 16.0. The van der Waals surface area contributed by atoms with Crippen LogP contribution in [0.15, 0.2) is 83.8 Å². The minimum Gasteiger partial charge on any atom is -0.494 e. The van der Waals surface area contributed by atoms with E-state index in [0.29, 0.717) is 23.8 Å². The summed E-state index contributed by atoms with van der Waals surface area (Å²) in [7, 11) is -2.13. The highest BCUT2D eigenvalue weighted by Gasteiger charge is 2.21. The highest BCUT2D eigenvalue weighted by Crippen LogP contribution is 2.27. The predicted octanol–water partition coefficient (Wildman–Crippen LogP) is 4.70. The van der Waals surface area contributed by atoms with E-state index in [9.17, 15) is 8.42 Å². The third-order valence-corrected chi connectivity index (χ3v) is 5.77. The lowest BCUT2D eigenvalue weighted by Gasteiger charge is -2.20. The monoisotopic (exact) mass is 383 g/mol. The average Bonchev–Trinajstić information content (AvgIpc) is 2.69. The van der Waals surface area contributed by atoms with Gasteiger partial charge in [0.05, 0.1) is 17.2 Å². The van der Waals surface area contributed by atoms with Crippen molar-refractivity contribution in [1.82, 2.24) is 0 Å². The summed E-state index contributed by atoms with van der Waals surface area (Å²) in [5, 5.41) is 0. The second kappa shape index (κ2) is 8.14. The van der Waals surface area contributed by atoms with E-state index in [1.54, 1.807) is 48.5 Å². The van der Waals surface area contributed by atoms with Gasteiger partial charge in [-0.05, 0) is 67.6 Å². The molecule has 0 atom stereocenters. The van der Waals surface area contributed by atoms with Crippen molar-refractivity contribution in [3.63, 3.8) is 0 Å². The van der Waals surface area contributed by atoms with Crippen molar-refractivity contribution in [1.29, 1.82) is 0 Å². The van der Waals surface area contributed by atoms with Gasteiger partial charge in [-0.25, -0.2) is 8.42 Å². The van der Waals surface area contributed by atoms with Crippen molar-refractivity contribution in [3.8, 4) is 17.2 Å².